The van der Waals surface area contributed by atoms with Crippen LogP contribution in [0.25, 0.3) is 27.9 Å². The molecule has 1 N–H and O–H groups in total. The standard InChI is InChI=1S/C23H20N4O3S/c1-15-9-10-27-13-20(24-23(27)11-15)17-8-7-16(2)19(12-17)26-31(28,29)14-21-18-5-3-4-6-22(18)30-25-21/h3-13,26H,14H2,1-2H3. The normalized spacial score (nSPS) is 11.9. The molecular weight excluding hydrogens is 412 g/mol. The number of hydrogen-bond donors (Lipinski definition) is 1. The van der Waals surface area contributed by atoms with Gasteiger partial charge in [-0.15, -0.1) is 0 Å². The summed E-state index contributed by atoms with van der Waals surface area (Å²) in [5.41, 5.74) is 5.85. The minimum atomic E-state index is -3.70. The fraction of sp³-hybridized carbons (Fsp3) is 0.130. The van der Waals surface area contributed by atoms with Gasteiger partial charge in [0.2, 0.25) is 10.0 Å². The number of hydrogen-bond acceptors (Lipinski definition) is 5. The number of sulfonamides is 1. The highest BCUT2D eigenvalue weighted by molar-refractivity contribution is 7.91. The van der Waals surface area contributed by atoms with Crippen molar-refractivity contribution in [1.29, 1.82) is 0 Å². The van der Waals surface area contributed by atoms with E-state index in [1.165, 1.54) is 0 Å². The molecule has 3 heterocycles. The summed E-state index contributed by atoms with van der Waals surface area (Å²) in [6, 6.07) is 16.9. The first kappa shape index (κ1) is 19.3. The molecule has 0 fully saturated rings. The van der Waals surface area contributed by atoms with Crippen molar-refractivity contribution < 1.29 is 12.9 Å². The Morgan fingerprint density at radius 3 is 2.77 bits per heavy atom. The lowest BCUT2D eigenvalue weighted by Gasteiger charge is -2.11. The Hall–Kier alpha value is -3.65. The van der Waals surface area contributed by atoms with E-state index in [9.17, 15) is 8.42 Å². The molecule has 0 aliphatic heterocycles. The van der Waals surface area contributed by atoms with Crippen molar-refractivity contribution >= 4 is 32.3 Å². The summed E-state index contributed by atoms with van der Waals surface area (Å²) >= 11 is 0. The molecule has 156 valence electrons. The Bertz CT molecular complexity index is 1530. The molecule has 0 radical (unpaired) electrons. The van der Waals surface area contributed by atoms with E-state index in [0.717, 1.165) is 28.0 Å². The molecular formula is C23H20N4O3S. The zero-order chi connectivity index (χ0) is 21.6. The van der Waals surface area contributed by atoms with E-state index in [-0.39, 0.29) is 5.75 Å². The maximum absolute atomic E-state index is 12.9. The van der Waals surface area contributed by atoms with Crippen LogP contribution in [0.2, 0.25) is 0 Å². The Morgan fingerprint density at radius 2 is 1.90 bits per heavy atom. The Labute approximate surface area is 179 Å². The highest BCUT2D eigenvalue weighted by atomic mass is 32.2. The van der Waals surface area contributed by atoms with Crippen molar-refractivity contribution in [3.63, 3.8) is 0 Å². The van der Waals surface area contributed by atoms with Crippen LogP contribution in [-0.2, 0) is 15.8 Å². The summed E-state index contributed by atoms with van der Waals surface area (Å²) in [5.74, 6) is -0.276. The minimum Gasteiger partial charge on any atom is -0.356 e. The van der Waals surface area contributed by atoms with E-state index in [2.05, 4.69) is 14.9 Å². The number of benzene rings is 2. The van der Waals surface area contributed by atoms with E-state index < -0.39 is 10.0 Å². The largest absolute Gasteiger partial charge is 0.356 e. The van der Waals surface area contributed by atoms with Crippen LogP contribution in [-0.4, -0.2) is 23.0 Å². The van der Waals surface area contributed by atoms with Crippen molar-refractivity contribution in [2.45, 2.75) is 19.6 Å². The number of pyridine rings is 1. The molecule has 0 unspecified atom stereocenters. The van der Waals surface area contributed by atoms with Gasteiger partial charge in [-0.25, -0.2) is 13.4 Å². The van der Waals surface area contributed by atoms with Gasteiger partial charge in [0.25, 0.3) is 0 Å². The summed E-state index contributed by atoms with van der Waals surface area (Å²) in [6.07, 6.45) is 3.89. The summed E-state index contributed by atoms with van der Waals surface area (Å²) in [5, 5.41) is 4.63. The number of rotatable bonds is 5. The molecule has 0 saturated carbocycles. The van der Waals surface area contributed by atoms with Crippen LogP contribution in [0.4, 0.5) is 5.69 Å². The predicted octanol–water partition coefficient (Wildman–Crippen LogP) is 4.70. The van der Waals surface area contributed by atoms with E-state index >= 15 is 0 Å². The minimum absolute atomic E-state index is 0.276. The first-order chi connectivity index (χ1) is 14.9. The second kappa shape index (κ2) is 7.24. The predicted molar refractivity (Wildman–Crippen MR) is 120 cm³/mol. The molecule has 3 aromatic heterocycles. The lowest BCUT2D eigenvalue weighted by atomic mass is 10.1. The van der Waals surface area contributed by atoms with Crippen LogP contribution >= 0.6 is 0 Å². The number of aryl methyl sites for hydroxylation is 2. The van der Waals surface area contributed by atoms with Crippen molar-refractivity contribution in [2.75, 3.05) is 4.72 Å². The van der Waals surface area contributed by atoms with E-state index in [4.69, 9.17) is 4.52 Å². The van der Waals surface area contributed by atoms with Gasteiger partial charge in [0.05, 0.1) is 11.4 Å². The zero-order valence-corrected chi connectivity index (χ0v) is 17.8. The van der Waals surface area contributed by atoms with E-state index in [1.807, 2.05) is 73.1 Å². The molecule has 0 bridgehead atoms. The zero-order valence-electron chi connectivity index (χ0n) is 17.0. The number of fused-ring (bicyclic) bond motifs is 2. The van der Waals surface area contributed by atoms with Gasteiger partial charge in [-0.05, 0) is 55.3 Å². The summed E-state index contributed by atoms with van der Waals surface area (Å²) in [7, 11) is -3.70. The Balaban J connectivity index is 1.45. The monoisotopic (exact) mass is 432 g/mol. The number of anilines is 1. The van der Waals surface area contributed by atoms with Crippen LogP contribution in [0.15, 0.2) is 71.5 Å². The Morgan fingerprint density at radius 1 is 1.06 bits per heavy atom. The SMILES string of the molecule is Cc1ccn2cc(-c3ccc(C)c(NS(=O)(=O)Cc4noc5ccccc45)c3)nc2c1. The van der Waals surface area contributed by atoms with Crippen LogP contribution in [0, 0.1) is 13.8 Å². The summed E-state index contributed by atoms with van der Waals surface area (Å²) in [4.78, 5) is 4.67. The molecule has 0 atom stereocenters. The molecule has 0 amide bonds. The first-order valence-electron chi connectivity index (χ1n) is 9.78. The summed E-state index contributed by atoms with van der Waals surface area (Å²) in [6.45, 7) is 3.88. The fourth-order valence-electron chi connectivity index (χ4n) is 3.54. The van der Waals surface area contributed by atoms with Gasteiger partial charge in [-0.2, -0.15) is 0 Å². The molecule has 31 heavy (non-hydrogen) atoms. The number of imidazole rings is 1. The average molecular weight is 433 g/mol. The quantitative estimate of drug-likeness (QED) is 0.435. The number of nitrogens with zero attached hydrogens (tertiary/aromatic N) is 3. The van der Waals surface area contributed by atoms with Gasteiger partial charge in [0, 0.05) is 23.3 Å². The highest BCUT2D eigenvalue weighted by Gasteiger charge is 2.19. The van der Waals surface area contributed by atoms with Crippen LogP contribution < -0.4 is 4.72 Å². The second-order valence-corrected chi connectivity index (χ2v) is 9.33. The molecule has 0 saturated heterocycles. The van der Waals surface area contributed by atoms with E-state index in [1.54, 1.807) is 12.1 Å². The van der Waals surface area contributed by atoms with Gasteiger partial charge in [-0.1, -0.05) is 29.4 Å². The lowest BCUT2D eigenvalue weighted by molar-refractivity contribution is 0.448. The van der Waals surface area contributed by atoms with Gasteiger partial charge < -0.3 is 8.92 Å². The van der Waals surface area contributed by atoms with Crippen molar-refractivity contribution in [1.82, 2.24) is 14.5 Å². The molecule has 5 rings (SSSR count). The second-order valence-electron chi connectivity index (χ2n) is 7.61. The van der Waals surface area contributed by atoms with Gasteiger partial charge in [0.1, 0.15) is 17.1 Å². The maximum atomic E-state index is 12.9. The topological polar surface area (TPSA) is 89.5 Å². The van der Waals surface area contributed by atoms with Gasteiger partial charge in [0.15, 0.2) is 5.58 Å². The molecule has 0 spiro atoms. The van der Waals surface area contributed by atoms with Crippen LogP contribution in [0.5, 0.6) is 0 Å². The fourth-order valence-corrected chi connectivity index (χ4v) is 4.74. The van der Waals surface area contributed by atoms with Crippen LogP contribution in [0.3, 0.4) is 0 Å². The van der Waals surface area contributed by atoms with Crippen LogP contribution in [0.1, 0.15) is 16.8 Å². The average Bonchev–Trinajstić information content (AvgIpc) is 3.33. The smallest absolute Gasteiger partial charge is 0.238 e. The maximum Gasteiger partial charge on any atom is 0.238 e. The first-order valence-corrected chi connectivity index (χ1v) is 11.4. The molecule has 5 aromatic rings. The van der Waals surface area contributed by atoms with Crippen molar-refractivity contribution in [3.8, 4) is 11.3 Å². The Kier molecular flexibility index (Phi) is 4.51. The van der Waals surface area contributed by atoms with Crippen molar-refractivity contribution in [3.05, 3.63) is 83.8 Å². The molecule has 0 aliphatic carbocycles. The van der Waals surface area contributed by atoms with Crippen molar-refractivity contribution in [2.24, 2.45) is 0 Å². The highest BCUT2D eigenvalue weighted by Crippen LogP contribution is 2.27. The molecule has 7 nitrogen and oxygen atoms in total. The number of nitrogens with one attached hydrogen (secondary N) is 1. The lowest BCUT2D eigenvalue weighted by Crippen LogP contribution is -2.16. The third-order valence-corrected chi connectivity index (χ3v) is 6.38. The van der Waals surface area contributed by atoms with Gasteiger partial charge >= 0.3 is 0 Å². The number of para-hydroxylation sites is 1. The van der Waals surface area contributed by atoms with Gasteiger partial charge in [-0.3, -0.25) is 4.72 Å². The third kappa shape index (κ3) is 3.77. The molecule has 8 heteroatoms. The van der Waals surface area contributed by atoms with E-state index in [0.29, 0.717) is 22.4 Å². The summed E-state index contributed by atoms with van der Waals surface area (Å²) < 4.78 is 35.6. The third-order valence-electron chi connectivity index (χ3n) is 5.19. The molecule has 0 aliphatic rings. The number of aromatic nitrogens is 3. The molecule has 2 aromatic carbocycles.